The monoisotopic (exact) mass is 465 g/mol. The standard InChI is InChI=1S/C23H30F3N5O2/c1-23(2,3)31-9-5-8-30(20(22(31)33)14-29-7-4-6-28-29)21(32)12-16(27)10-15-11-18(25)19(26)13-17(15)24/h4,6-7,11,13,16,20H,5,8-10,12,14,27H2,1-3H3/t16-,20-/m1/s1. The van der Waals surface area contributed by atoms with Gasteiger partial charge in [0.1, 0.15) is 11.9 Å². The third kappa shape index (κ3) is 5.93. The van der Waals surface area contributed by atoms with Crippen molar-refractivity contribution < 1.29 is 22.8 Å². The zero-order chi connectivity index (χ0) is 24.3. The molecular formula is C23H30F3N5O2. The molecule has 0 saturated carbocycles. The van der Waals surface area contributed by atoms with Crippen molar-refractivity contribution in [1.82, 2.24) is 19.6 Å². The fourth-order valence-electron chi connectivity index (χ4n) is 4.12. The van der Waals surface area contributed by atoms with Gasteiger partial charge in [0.15, 0.2) is 11.6 Å². The largest absolute Gasteiger partial charge is 0.336 e. The predicted octanol–water partition coefficient (Wildman–Crippen LogP) is 2.49. The van der Waals surface area contributed by atoms with Crippen molar-refractivity contribution in [2.24, 2.45) is 5.73 Å². The van der Waals surface area contributed by atoms with Crippen LogP contribution in [-0.2, 0) is 22.6 Å². The number of rotatable bonds is 6. The minimum absolute atomic E-state index is 0.104. The Bertz CT molecular complexity index is 991. The van der Waals surface area contributed by atoms with E-state index in [1.165, 1.54) is 4.90 Å². The molecule has 1 aliphatic rings. The highest BCUT2D eigenvalue weighted by Crippen LogP contribution is 2.23. The number of carbonyl (C=O) groups is 2. The molecule has 1 aromatic heterocycles. The zero-order valence-electron chi connectivity index (χ0n) is 19.1. The van der Waals surface area contributed by atoms with Crippen LogP contribution in [0.4, 0.5) is 13.2 Å². The van der Waals surface area contributed by atoms with Crippen molar-refractivity contribution in [2.45, 2.75) is 64.2 Å². The van der Waals surface area contributed by atoms with Crippen molar-refractivity contribution in [3.8, 4) is 0 Å². The van der Waals surface area contributed by atoms with Gasteiger partial charge in [-0.15, -0.1) is 0 Å². The lowest BCUT2D eigenvalue weighted by Gasteiger charge is -2.38. The minimum atomic E-state index is -1.28. The maximum absolute atomic E-state index is 14.0. The quantitative estimate of drug-likeness (QED) is 0.665. The first-order valence-corrected chi connectivity index (χ1v) is 10.9. The summed E-state index contributed by atoms with van der Waals surface area (Å²) in [4.78, 5) is 30.0. The zero-order valence-corrected chi connectivity index (χ0v) is 19.1. The second-order valence-electron chi connectivity index (χ2n) is 9.37. The van der Waals surface area contributed by atoms with Gasteiger partial charge in [0.2, 0.25) is 11.8 Å². The average Bonchev–Trinajstić information content (AvgIpc) is 3.16. The molecule has 0 radical (unpaired) electrons. The van der Waals surface area contributed by atoms with Gasteiger partial charge in [-0.25, -0.2) is 13.2 Å². The molecule has 1 aromatic carbocycles. The topological polar surface area (TPSA) is 84.5 Å². The second-order valence-corrected chi connectivity index (χ2v) is 9.37. The van der Waals surface area contributed by atoms with E-state index < -0.39 is 35.1 Å². The second kappa shape index (κ2) is 9.94. The molecule has 10 heteroatoms. The summed E-state index contributed by atoms with van der Waals surface area (Å²) in [5.41, 5.74) is 5.56. The molecule has 1 fully saturated rings. The highest BCUT2D eigenvalue weighted by Gasteiger charge is 2.39. The van der Waals surface area contributed by atoms with Gasteiger partial charge in [-0.05, 0) is 51.3 Å². The molecule has 1 aliphatic heterocycles. The minimum Gasteiger partial charge on any atom is -0.336 e. The number of hydrogen-bond donors (Lipinski definition) is 1. The number of benzene rings is 1. The summed E-state index contributed by atoms with van der Waals surface area (Å²) in [5, 5.41) is 4.17. The predicted molar refractivity (Wildman–Crippen MR) is 116 cm³/mol. The summed E-state index contributed by atoms with van der Waals surface area (Å²) in [6.45, 7) is 6.89. The van der Waals surface area contributed by atoms with Crippen molar-refractivity contribution in [3.05, 3.63) is 53.6 Å². The fraction of sp³-hybridized carbons (Fsp3) is 0.522. The van der Waals surface area contributed by atoms with E-state index in [9.17, 15) is 22.8 Å². The molecule has 33 heavy (non-hydrogen) atoms. The molecule has 1 saturated heterocycles. The number of carbonyl (C=O) groups excluding carboxylic acids is 2. The molecule has 2 amide bonds. The number of nitrogens with two attached hydrogens (primary N) is 1. The van der Waals surface area contributed by atoms with Gasteiger partial charge in [-0.2, -0.15) is 5.10 Å². The van der Waals surface area contributed by atoms with Crippen LogP contribution in [0.1, 0.15) is 39.2 Å². The molecule has 2 aromatic rings. The molecule has 2 N–H and O–H groups in total. The van der Waals surface area contributed by atoms with Gasteiger partial charge in [-0.1, -0.05) is 0 Å². The van der Waals surface area contributed by atoms with Crippen LogP contribution in [0.15, 0.2) is 30.6 Å². The van der Waals surface area contributed by atoms with Crippen molar-refractivity contribution in [2.75, 3.05) is 13.1 Å². The van der Waals surface area contributed by atoms with Crippen LogP contribution in [0.3, 0.4) is 0 Å². The maximum atomic E-state index is 14.0. The first-order chi connectivity index (χ1) is 15.5. The first-order valence-electron chi connectivity index (χ1n) is 10.9. The molecule has 7 nitrogen and oxygen atoms in total. The molecule has 0 spiro atoms. The number of halogens is 3. The van der Waals surface area contributed by atoms with E-state index in [2.05, 4.69) is 5.10 Å². The summed E-state index contributed by atoms with van der Waals surface area (Å²) >= 11 is 0. The van der Waals surface area contributed by atoms with E-state index in [4.69, 9.17) is 5.73 Å². The van der Waals surface area contributed by atoms with Crippen LogP contribution in [0, 0.1) is 17.5 Å². The Balaban J connectivity index is 1.78. The van der Waals surface area contributed by atoms with Crippen molar-refractivity contribution in [3.63, 3.8) is 0 Å². The molecule has 0 unspecified atom stereocenters. The molecule has 180 valence electrons. The summed E-state index contributed by atoms with van der Waals surface area (Å²) in [6.07, 6.45) is 3.60. The molecule has 0 bridgehead atoms. The molecule has 2 atom stereocenters. The van der Waals surface area contributed by atoms with Crippen molar-refractivity contribution in [1.29, 1.82) is 0 Å². The van der Waals surface area contributed by atoms with Gasteiger partial charge < -0.3 is 15.5 Å². The third-order valence-corrected chi connectivity index (χ3v) is 5.77. The Morgan fingerprint density at radius 2 is 1.88 bits per heavy atom. The van der Waals surface area contributed by atoms with E-state index in [1.54, 1.807) is 28.0 Å². The van der Waals surface area contributed by atoms with Gasteiger partial charge >= 0.3 is 0 Å². The lowest BCUT2D eigenvalue weighted by Crippen LogP contribution is -2.55. The number of aromatic nitrogens is 2. The molecular weight excluding hydrogens is 435 g/mol. The molecule has 0 aliphatic carbocycles. The maximum Gasteiger partial charge on any atom is 0.247 e. The third-order valence-electron chi connectivity index (χ3n) is 5.77. The number of nitrogens with zero attached hydrogens (tertiary/aromatic N) is 4. The van der Waals surface area contributed by atoms with Gasteiger partial charge in [-0.3, -0.25) is 14.3 Å². The van der Waals surface area contributed by atoms with Crippen LogP contribution < -0.4 is 5.73 Å². The van der Waals surface area contributed by atoms with Crippen LogP contribution in [-0.4, -0.2) is 62.1 Å². The summed E-state index contributed by atoms with van der Waals surface area (Å²) < 4.78 is 42.3. The average molecular weight is 466 g/mol. The lowest BCUT2D eigenvalue weighted by molar-refractivity contribution is -0.147. The first kappa shape index (κ1) is 24.8. The van der Waals surface area contributed by atoms with E-state index in [0.717, 1.165) is 6.07 Å². The Labute approximate surface area is 191 Å². The van der Waals surface area contributed by atoms with Gasteiger partial charge in [0.25, 0.3) is 0 Å². The number of hydrogen-bond acceptors (Lipinski definition) is 4. The Morgan fingerprint density at radius 3 is 2.52 bits per heavy atom. The highest BCUT2D eigenvalue weighted by atomic mass is 19.2. The van der Waals surface area contributed by atoms with Crippen LogP contribution >= 0.6 is 0 Å². The molecule has 2 heterocycles. The highest BCUT2D eigenvalue weighted by molar-refractivity contribution is 5.88. The van der Waals surface area contributed by atoms with E-state index in [-0.39, 0.29) is 36.8 Å². The van der Waals surface area contributed by atoms with Crippen molar-refractivity contribution >= 4 is 11.8 Å². The van der Waals surface area contributed by atoms with Gasteiger partial charge in [0.05, 0.1) is 6.54 Å². The van der Waals surface area contributed by atoms with E-state index in [0.29, 0.717) is 25.6 Å². The Morgan fingerprint density at radius 1 is 1.18 bits per heavy atom. The van der Waals surface area contributed by atoms with Crippen LogP contribution in [0.25, 0.3) is 0 Å². The van der Waals surface area contributed by atoms with E-state index >= 15 is 0 Å². The smallest absolute Gasteiger partial charge is 0.247 e. The van der Waals surface area contributed by atoms with Crippen LogP contribution in [0.2, 0.25) is 0 Å². The van der Waals surface area contributed by atoms with E-state index in [1.807, 2.05) is 20.8 Å². The van der Waals surface area contributed by atoms with Crippen LogP contribution in [0.5, 0.6) is 0 Å². The Kier molecular flexibility index (Phi) is 7.46. The fourth-order valence-corrected chi connectivity index (χ4v) is 4.12. The summed E-state index contributed by atoms with van der Waals surface area (Å²) in [7, 11) is 0. The molecule has 3 rings (SSSR count). The van der Waals surface area contributed by atoms with Gasteiger partial charge in [0, 0.05) is 49.6 Å². The Hall–Kier alpha value is -2.88. The summed E-state index contributed by atoms with van der Waals surface area (Å²) in [6, 6.07) is 1.35. The number of amides is 2. The summed E-state index contributed by atoms with van der Waals surface area (Å²) in [5.74, 6) is -3.91. The normalized spacial score (nSPS) is 18.4. The lowest BCUT2D eigenvalue weighted by atomic mass is 10.0. The SMILES string of the molecule is CC(C)(C)N1CCCN(C(=O)C[C@H](N)Cc2cc(F)c(F)cc2F)[C@H](Cn2cccn2)C1=O.